The third-order valence-electron chi connectivity index (χ3n) is 5.62. The second kappa shape index (κ2) is 8.09. The Morgan fingerprint density at radius 2 is 1.66 bits per heavy atom. The fourth-order valence-electron chi connectivity index (χ4n) is 3.91. The zero-order valence-corrected chi connectivity index (χ0v) is 18.7. The molecule has 2 heterocycles. The Morgan fingerprint density at radius 3 is 2.41 bits per heavy atom. The quantitative estimate of drug-likeness (QED) is 0.384. The fraction of sp³-hybridized carbons (Fsp3) is 0.160. The first kappa shape index (κ1) is 20.2. The number of rotatable bonds is 5. The van der Waals surface area contributed by atoms with Gasteiger partial charge in [0.15, 0.2) is 5.13 Å². The lowest BCUT2D eigenvalue weighted by Crippen LogP contribution is -2.29. The van der Waals surface area contributed by atoms with E-state index in [0.29, 0.717) is 11.7 Å². The second-order valence-corrected chi connectivity index (χ2v) is 8.77. The SMILES string of the molecule is Cc1ccc(N(C(=O)CCn2c(=O)n(C)c3ccccc32)c2nc3ccccc3s2)cc1. The fourth-order valence-corrected chi connectivity index (χ4v) is 4.91. The van der Waals surface area contributed by atoms with Gasteiger partial charge >= 0.3 is 5.69 Å². The normalized spacial score (nSPS) is 11.3. The molecule has 1 amide bonds. The van der Waals surface area contributed by atoms with Gasteiger partial charge in [0.05, 0.1) is 26.9 Å². The Kier molecular flexibility index (Phi) is 5.11. The zero-order valence-electron chi connectivity index (χ0n) is 17.9. The Hall–Kier alpha value is -3.71. The summed E-state index contributed by atoms with van der Waals surface area (Å²) in [6.07, 6.45) is 0.178. The van der Waals surface area contributed by atoms with E-state index < -0.39 is 0 Å². The zero-order chi connectivity index (χ0) is 22.2. The second-order valence-electron chi connectivity index (χ2n) is 7.76. The number of carbonyl (C=O) groups excluding carboxylic acids is 1. The van der Waals surface area contributed by atoms with Crippen LogP contribution < -0.4 is 10.6 Å². The van der Waals surface area contributed by atoms with E-state index in [-0.39, 0.29) is 18.0 Å². The summed E-state index contributed by atoms with van der Waals surface area (Å²) < 4.78 is 4.31. The Labute approximate surface area is 189 Å². The number of aromatic nitrogens is 3. The van der Waals surface area contributed by atoms with Crippen LogP contribution in [0.1, 0.15) is 12.0 Å². The van der Waals surface area contributed by atoms with Gasteiger partial charge in [-0.3, -0.25) is 18.8 Å². The highest BCUT2D eigenvalue weighted by atomic mass is 32.1. The lowest BCUT2D eigenvalue weighted by atomic mass is 10.2. The van der Waals surface area contributed by atoms with Gasteiger partial charge in [-0.1, -0.05) is 53.3 Å². The van der Waals surface area contributed by atoms with E-state index in [1.807, 2.05) is 79.7 Å². The molecular weight excluding hydrogens is 420 g/mol. The molecule has 0 bridgehead atoms. The molecule has 0 radical (unpaired) electrons. The molecule has 0 atom stereocenters. The number of carbonyl (C=O) groups is 1. The highest BCUT2D eigenvalue weighted by molar-refractivity contribution is 7.22. The standard InChI is InChI=1S/C25H22N4O2S/c1-17-11-13-18(14-12-17)29(24-26-19-7-3-6-10-22(19)32-24)23(30)15-16-28-21-9-5-4-8-20(21)27(2)25(28)31/h3-14H,15-16H2,1-2H3. The van der Waals surface area contributed by atoms with Gasteiger partial charge < -0.3 is 0 Å². The molecule has 7 heteroatoms. The topological polar surface area (TPSA) is 60.1 Å². The number of anilines is 2. The molecule has 6 nitrogen and oxygen atoms in total. The summed E-state index contributed by atoms with van der Waals surface area (Å²) in [6.45, 7) is 2.31. The summed E-state index contributed by atoms with van der Waals surface area (Å²) >= 11 is 1.49. The molecule has 3 aromatic carbocycles. The number of thiazole rings is 1. The Balaban J connectivity index is 1.51. The summed E-state index contributed by atoms with van der Waals surface area (Å²) in [4.78, 5) is 32.6. The Bertz CT molecular complexity index is 1460. The van der Waals surface area contributed by atoms with Gasteiger partial charge in [0.2, 0.25) is 5.91 Å². The number of hydrogen-bond donors (Lipinski definition) is 0. The maximum Gasteiger partial charge on any atom is 0.328 e. The average molecular weight is 443 g/mol. The van der Waals surface area contributed by atoms with Crippen LogP contribution in [-0.2, 0) is 18.4 Å². The molecule has 0 fully saturated rings. The molecule has 0 saturated carbocycles. The highest BCUT2D eigenvalue weighted by Crippen LogP contribution is 2.34. The van der Waals surface area contributed by atoms with E-state index in [1.165, 1.54) is 11.3 Å². The molecule has 0 unspecified atom stereocenters. The summed E-state index contributed by atoms with van der Waals surface area (Å²) in [5.41, 5.74) is 4.31. The van der Waals surface area contributed by atoms with Crippen LogP contribution in [0, 0.1) is 6.92 Å². The lowest BCUT2D eigenvalue weighted by Gasteiger charge is -2.20. The number of imidazole rings is 1. The van der Waals surface area contributed by atoms with Crippen molar-refractivity contribution in [2.45, 2.75) is 19.9 Å². The molecule has 0 spiro atoms. The van der Waals surface area contributed by atoms with Crippen LogP contribution in [0.25, 0.3) is 21.3 Å². The van der Waals surface area contributed by atoms with Crippen LogP contribution in [0.2, 0.25) is 0 Å². The number of fused-ring (bicyclic) bond motifs is 2. The van der Waals surface area contributed by atoms with Gasteiger partial charge in [-0.05, 0) is 43.3 Å². The number of hydrogen-bond acceptors (Lipinski definition) is 4. The molecule has 0 aliphatic heterocycles. The first-order valence-electron chi connectivity index (χ1n) is 10.4. The van der Waals surface area contributed by atoms with Crippen LogP contribution in [0.3, 0.4) is 0 Å². The van der Waals surface area contributed by atoms with Gasteiger partial charge in [0.1, 0.15) is 0 Å². The van der Waals surface area contributed by atoms with Gasteiger partial charge in [0, 0.05) is 20.0 Å². The van der Waals surface area contributed by atoms with E-state index in [1.54, 1.807) is 21.1 Å². The third kappa shape index (κ3) is 3.50. The first-order valence-corrected chi connectivity index (χ1v) is 11.2. The maximum atomic E-state index is 13.5. The smallest absolute Gasteiger partial charge is 0.295 e. The van der Waals surface area contributed by atoms with Crippen molar-refractivity contribution in [3.63, 3.8) is 0 Å². The van der Waals surface area contributed by atoms with E-state index in [9.17, 15) is 9.59 Å². The van der Waals surface area contributed by atoms with Crippen molar-refractivity contribution in [3.8, 4) is 0 Å². The highest BCUT2D eigenvalue weighted by Gasteiger charge is 2.22. The predicted octanol–water partition coefficient (Wildman–Crippen LogP) is 5.01. The van der Waals surface area contributed by atoms with Crippen molar-refractivity contribution >= 4 is 49.3 Å². The molecule has 5 rings (SSSR count). The van der Waals surface area contributed by atoms with Crippen molar-refractivity contribution < 1.29 is 4.79 Å². The summed E-state index contributed by atoms with van der Waals surface area (Å²) in [7, 11) is 1.75. The van der Waals surface area contributed by atoms with Crippen molar-refractivity contribution in [2.24, 2.45) is 7.05 Å². The van der Waals surface area contributed by atoms with E-state index >= 15 is 0 Å². The molecule has 32 heavy (non-hydrogen) atoms. The summed E-state index contributed by atoms with van der Waals surface area (Å²) in [5.74, 6) is -0.104. The number of amides is 1. The van der Waals surface area contributed by atoms with Gasteiger partial charge in [-0.25, -0.2) is 9.78 Å². The van der Waals surface area contributed by atoms with E-state index in [0.717, 1.165) is 32.5 Å². The molecule has 0 aliphatic carbocycles. The molecule has 0 aliphatic rings. The van der Waals surface area contributed by atoms with Crippen molar-refractivity contribution in [2.75, 3.05) is 4.90 Å². The molecule has 0 N–H and O–H groups in total. The predicted molar refractivity (Wildman–Crippen MR) is 130 cm³/mol. The van der Waals surface area contributed by atoms with Crippen LogP contribution in [0.4, 0.5) is 10.8 Å². The lowest BCUT2D eigenvalue weighted by molar-refractivity contribution is -0.118. The van der Waals surface area contributed by atoms with E-state index in [4.69, 9.17) is 4.98 Å². The van der Waals surface area contributed by atoms with Crippen molar-refractivity contribution in [1.29, 1.82) is 0 Å². The minimum absolute atomic E-state index is 0.104. The Morgan fingerprint density at radius 1 is 0.969 bits per heavy atom. The van der Waals surface area contributed by atoms with Crippen LogP contribution >= 0.6 is 11.3 Å². The van der Waals surface area contributed by atoms with Gasteiger partial charge in [-0.2, -0.15) is 0 Å². The molecule has 160 valence electrons. The summed E-state index contributed by atoms with van der Waals surface area (Å²) in [6, 6.07) is 23.3. The maximum absolute atomic E-state index is 13.5. The van der Waals surface area contributed by atoms with Crippen LogP contribution in [0.5, 0.6) is 0 Å². The number of nitrogens with zero attached hydrogens (tertiary/aromatic N) is 4. The summed E-state index contributed by atoms with van der Waals surface area (Å²) in [5, 5.41) is 0.630. The van der Waals surface area contributed by atoms with Crippen molar-refractivity contribution in [1.82, 2.24) is 14.1 Å². The average Bonchev–Trinajstić information content (AvgIpc) is 3.33. The van der Waals surface area contributed by atoms with Crippen LogP contribution in [-0.4, -0.2) is 20.0 Å². The first-order chi connectivity index (χ1) is 15.5. The van der Waals surface area contributed by atoms with Gasteiger partial charge in [0.25, 0.3) is 0 Å². The molecular formula is C25H22N4O2S. The number of aryl methyl sites for hydroxylation is 3. The molecule has 5 aromatic rings. The molecule has 0 saturated heterocycles. The van der Waals surface area contributed by atoms with Crippen molar-refractivity contribution in [3.05, 3.63) is 88.8 Å². The minimum Gasteiger partial charge on any atom is -0.295 e. The largest absolute Gasteiger partial charge is 0.328 e. The van der Waals surface area contributed by atoms with E-state index in [2.05, 4.69) is 0 Å². The third-order valence-corrected chi connectivity index (χ3v) is 6.64. The van der Waals surface area contributed by atoms with Crippen LogP contribution in [0.15, 0.2) is 77.6 Å². The number of benzene rings is 3. The minimum atomic E-state index is -0.124. The van der Waals surface area contributed by atoms with Gasteiger partial charge in [-0.15, -0.1) is 0 Å². The molecule has 2 aromatic heterocycles. The monoisotopic (exact) mass is 442 g/mol. The number of para-hydroxylation sites is 3.